The Balaban J connectivity index is 2.02. The number of likely N-dealkylation sites (tertiary alicyclic amines) is 1. The standard InChI is InChI=1S/C26H32N2O5/c1-4-17-33-21-13-9-19(10-14-21)24(30)22-23(18-7-11-20(29)12-8-18)28(26(32)25(22)31)16-15-27(5-2)6-3/h7-14,23,29-30H,4-6,15-17H2,1-3H3/b24-22+/t23-/m0/s1. The van der Waals surface area contributed by atoms with Crippen LogP contribution >= 0.6 is 0 Å². The summed E-state index contributed by atoms with van der Waals surface area (Å²) in [5.41, 5.74) is 1.13. The van der Waals surface area contributed by atoms with Gasteiger partial charge in [0.2, 0.25) is 0 Å². The molecule has 3 rings (SSSR count). The molecule has 1 saturated heterocycles. The first kappa shape index (κ1) is 24.3. The molecule has 0 spiro atoms. The molecule has 7 nitrogen and oxygen atoms in total. The minimum atomic E-state index is -0.739. The van der Waals surface area contributed by atoms with Gasteiger partial charge in [-0.15, -0.1) is 0 Å². The molecule has 1 aliphatic rings. The third kappa shape index (κ3) is 5.37. The summed E-state index contributed by atoms with van der Waals surface area (Å²) in [6.07, 6.45) is 0.880. The van der Waals surface area contributed by atoms with Crippen molar-refractivity contribution in [3.8, 4) is 11.5 Å². The van der Waals surface area contributed by atoms with Crippen LogP contribution in [0.4, 0.5) is 0 Å². The number of ketones is 1. The highest BCUT2D eigenvalue weighted by molar-refractivity contribution is 6.46. The molecule has 2 aromatic rings. The van der Waals surface area contributed by atoms with Crippen molar-refractivity contribution in [2.45, 2.75) is 33.2 Å². The van der Waals surface area contributed by atoms with Crippen molar-refractivity contribution in [1.82, 2.24) is 9.80 Å². The topological polar surface area (TPSA) is 90.3 Å². The van der Waals surface area contributed by atoms with Gasteiger partial charge in [0, 0.05) is 18.7 Å². The minimum Gasteiger partial charge on any atom is -0.508 e. The molecule has 1 amide bonds. The number of hydrogen-bond acceptors (Lipinski definition) is 6. The van der Waals surface area contributed by atoms with Crippen LogP contribution in [0.25, 0.3) is 5.76 Å². The first-order valence-corrected chi connectivity index (χ1v) is 11.4. The zero-order valence-electron chi connectivity index (χ0n) is 19.5. The smallest absolute Gasteiger partial charge is 0.295 e. The Morgan fingerprint density at radius 2 is 1.64 bits per heavy atom. The molecule has 0 aromatic heterocycles. The summed E-state index contributed by atoms with van der Waals surface area (Å²) in [5.74, 6) is -0.815. The van der Waals surface area contributed by atoms with Gasteiger partial charge in [0.05, 0.1) is 18.2 Å². The highest BCUT2D eigenvalue weighted by atomic mass is 16.5. The van der Waals surface area contributed by atoms with E-state index in [1.165, 1.54) is 17.0 Å². The lowest BCUT2D eigenvalue weighted by atomic mass is 9.95. The molecule has 0 bridgehead atoms. The number of carbonyl (C=O) groups is 2. The number of phenolic OH excluding ortho intramolecular Hbond substituents is 1. The predicted octanol–water partition coefficient (Wildman–Crippen LogP) is 3.94. The number of hydrogen-bond donors (Lipinski definition) is 2. The second kappa shape index (κ2) is 11.0. The van der Waals surface area contributed by atoms with E-state index in [4.69, 9.17) is 4.74 Å². The van der Waals surface area contributed by atoms with E-state index >= 15 is 0 Å². The Morgan fingerprint density at radius 1 is 1.00 bits per heavy atom. The number of rotatable bonds is 10. The Labute approximate surface area is 194 Å². The Hall–Kier alpha value is -3.32. The van der Waals surface area contributed by atoms with Crippen LogP contribution in [0, 0.1) is 0 Å². The Morgan fingerprint density at radius 3 is 2.21 bits per heavy atom. The van der Waals surface area contributed by atoms with Gasteiger partial charge in [-0.05, 0) is 61.5 Å². The number of Topliss-reactive ketones (excluding diaryl/α,β-unsaturated/α-hetero) is 1. The van der Waals surface area contributed by atoms with Gasteiger partial charge < -0.3 is 24.7 Å². The summed E-state index contributed by atoms with van der Waals surface area (Å²) >= 11 is 0. The van der Waals surface area contributed by atoms with Crippen molar-refractivity contribution in [1.29, 1.82) is 0 Å². The third-order valence-electron chi connectivity index (χ3n) is 5.90. The number of aliphatic hydroxyl groups excluding tert-OH is 1. The Bertz CT molecular complexity index is 994. The maximum absolute atomic E-state index is 13.1. The molecular weight excluding hydrogens is 420 g/mol. The van der Waals surface area contributed by atoms with E-state index in [-0.39, 0.29) is 17.1 Å². The average molecular weight is 453 g/mol. The Kier molecular flexibility index (Phi) is 8.11. The number of ether oxygens (including phenoxy) is 1. The molecular formula is C26H32N2O5. The first-order chi connectivity index (χ1) is 15.9. The normalized spacial score (nSPS) is 17.7. The predicted molar refractivity (Wildman–Crippen MR) is 127 cm³/mol. The van der Waals surface area contributed by atoms with Crippen LogP contribution in [0.5, 0.6) is 11.5 Å². The van der Waals surface area contributed by atoms with Crippen LogP contribution in [0.3, 0.4) is 0 Å². The summed E-state index contributed by atoms with van der Waals surface area (Å²) in [6.45, 7) is 9.31. The molecule has 0 aliphatic carbocycles. The first-order valence-electron chi connectivity index (χ1n) is 11.4. The van der Waals surface area contributed by atoms with Gasteiger partial charge >= 0.3 is 0 Å². The highest BCUT2D eigenvalue weighted by Gasteiger charge is 2.45. The molecule has 176 valence electrons. The van der Waals surface area contributed by atoms with E-state index in [1.54, 1.807) is 36.4 Å². The molecule has 2 N–H and O–H groups in total. The van der Waals surface area contributed by atoms with Crippen LogP contribution in [-0.4, -0.2) is 64.5 Å². The van der Waals surface area contributed by atoms with Gasteiger partial charge in [-0.3, -0.25) is 9.59 Å². The van der Waals surface area contributed by atoms with Crippen LogP contribution in [-0.2, 0) is 9.59 Å². The summed E-state index contributed by atoms with van der Waals surface area (Å²) < 4.78 is 5.59. The van der Waals surface area contributed by atoms with E-state index in [9.17, 15) is 19.8 Å². The number of benzene rings is 2. The fourth-order valence-electron chi connectivity index (χ4n) is 3.99. The lowest BCUT2D eigenvalue weighted by molar-refractivity contribution is -0.140. The summed E-state index contributed by atoms with van der Waals surface area (Å²) in [5, 5.41) is 20.9. The zero-order chi connectivity index (χ0) is 24.0. The van der Waals surface area contributed by atoms with Crippen LogP contribution < -0.4 is 4.74 Å². The maximum atomic E-state index is 13.1. The SMILES string of the molecule is CCCOc1ccc(/C(O)=C2\C(=O)C(=O)N(CCN(CC)CC)[C@H]2c2ccc(O)cc2)cc1. The van der Waals surface area contributed by atoms with Crippen LogP contribution in [0.1, 0.15) is 44.4 Å². The molecule has 0 saturated carbocycles. The fourth-order valence-corrected chi connectivity index (χ4v) is 3.99. The zero-order valence-corrected chi connectivity index (χ0v) is 19.5. The molecule has 7 heteroatoms. The van der Waals surface area contributed by atoms with Gasteiger partial charge in [0.25, 0.3) is 11.7 Å². The van der Waals surface area contributed by atoms with E-state index in [0.29, 0.717) is 36.6 Å². The van der Waals surface area contributed by atoms with Crippen LogP contribution in [0.15, 0.2) is 54.1 Å². The quantitative estimate of drug-likeness (QED) is 0.322. The monoisotopic (exact) mass is 452 g/mol. The molecule has 1 fully saturated rings. The second-order valence-electron chi connectivity index (χ2n) is 7.98. The molecule has 1 aliphatic heterocycles. The summed E-state index contributed by atoms with van der Waals surface area (Å²) in [6, 6.07) is 12.5. The maximum Gasteiger partial charge on any atom is 0.295 e. The fraction of sp³-hybridized carbons (Fsp3) is 0.385. The lowest BCUT2D eigenvalue weighted by Gasteiger charge is -2.28. The number of nitrogens with zero attached hydrogens (tertiary/aromatic N) is 2. The van der Waals surface area contributed by atoms with Gasteiger partial charge in [0.15, 0.2) is 0 Å². The molecule has 1 heterocycles. The number of likely N-dealkylation sites (N-methyl/N-ethyl adjacent to an activating group) is 1. The van der Waals surface area contributed by atoms with Crippen molar-refractivity contribution >= 4 is 17.4 Å². The molecule has 0 unspecified atom stereocenters. The van der Waals surface area contributed by atoms with Crippen molar-refractivity contribution in [2.24, 2.45) is 0 Å². The van der Waals surface area contributed by atoms with E-state index in [1.807, 2.05) is 20.8 Å². The van der Waals surface area contributed by atoms with E-state index < -0.39 is 17.7 Å². The minimum absolute atomic E-state index is 0.0486. The van der Waals surface area contributed by atoms with Gasteiger partial charge in [-0.1, -0.05) is 32.9 Å². The van der Waals surface area contributed by atoms with Crippen molar-refractivity contribution in [3.63, 3.8) is 0 Å². The lowest BCUT2D eigenvalue weighted by Crippen LogP contribution is -2.38. The molecule has 0 radical (unpaired) electrons. The van der Waals surface area contributed by atoms with Crippen molar-refractivity contribution in [3.05, 3.63) is 65.2 Å². The number of aliphatic hydroxyl groups is 1. The van der Waals surface area contributed by atoms with E-state index in [2.05, 4.69) is 4.90 Å². The second-order valence-corrected chi connectivity index (χ2v) is 7.98. The van der Waals surface area contributed by atoms with Gasteiger partial charge in [-0.2, -0.15) is 0 Å². The van der Waals surface area contributed by atoms with Gasteiger partial charge in [-0.25, -0.2) is 0 Å². The number of phenols is 1. The molecule has 33 heavy (non-hydrogen) atoms. The third-order valence-corrected chi connectivity index (χ3v) is 5.90. The van der Waals surface area contributed by atoms with Crippen LogP contribution in [0.2, 0.25) is 0 Å². The van der Waals surface area contributed by atoms with Crippen molar-refractivity contribution in [2.75, 3.05) is 32.8 Å². The van der Waals surface area contributed by atoms with Gasteiger partial charge in [0.1, 0.15) is 17.3 Å². The van der Waals surface area contributed by atoms with E-state index in [0.717, 1.165) is 19.5 Å². The summed E-state index contributed by atoms with van der Waals surface area (Å²) in [4.78, 5) is 29.8. The van der Waals surface area contributed by atoms with Crippen molar-refractivity contribution < 1.29 is 24.5 Å². The summed E-state index contributed by atoms with van der Waals surface area (Å²) in [7, 11) is 0. The largest absolute Gasteiger partial charge is 0.508 e. The number of carbonyl (C=O) groups excluding carboxylic acids is 2. The highest BCUT2D eigenvalue weighted by Crippen LogP contribution is 2.39. The molecule has 1 atom stereocenters. The number of aromatic hydroxyl groups is 1. The molecule has 2 aromatic carbocycles. The average Bonchev–Trinajstić information content (AvgIpc) is 3.08. The number of amides is 1.